The number of hydrogen-bond donors (Lipinski definition) is 0. The first kappa shape index (κ1) is 17.5. The van der Waals surface area contributed by atoms with E-state index in [1.807, 2.05) is 0 Å². The lowest BCUT2D eigenvalue weighted by Gasteiger charge is -2.65. The van der Waals surface area contributed by atoms with Gasteiger partial charge in [-0.1, -0.05) is 31.2 Å². The number of esters is 1. The zero-order chi connectivity index (χ0) is 18.9. The quantitative estimate of drug-likeness (QED) is 0.689. The van der Waals surface area contributed by atoms with Crippen molar-refractivity contribution in [2.24, 2.45) is 23.7 Å². The smallest absolute Gasteiger partial charge is 0.310 e. The predicted molar refractivity (Wildman–Crippen MR) is 109 cm³/mol. The maximum Gasteiger partial charge on any atom is 0.310 e. The summed E-state index contributed by atoms with van der Waals surface area (Å²) in [5.41, 5.74) is 3.44. The summed E-state index contributed by atoms with van der Waals surface area (Å²) in [4.78, 5) is 15.9. The minimum atomic E-state index is 0.101. The summed E-state index contributed by atoms with van der Waals surface area (Å²) >= 11 is 0. The number of carbonyl (C=O) groups is 1. The van der Waals surface area contributed by atoms with E-state index in [1.165, 1.54) is 45.1 Å². The van der Waals surface area contributed by atoms with Gasteiger partial charge in [0.25, 0.3) is 0 Å². The maximum absolute atomic E-state index is 13.1. The highest BCUT2D eigenvalue weighted by Gasteiger charge is 2.62. The Balaban J connectivity index is 1.35. The Bertz CT molecular complexity index is 783. The number of piperidine rings is 2. The molecule has 5 fully saturated rings. The first-order valence-electron chi connectivity index (χ1n) is 11.7. The van der Waals surface area contributed by atoms with Gasteiger partial charge in [0, 0.05) is 24.0 Å². The zero-order valence-electron chi connectivity index (χ0n) is 17.1. The third-order valence-corrected chi connectivity index (χ3v) is 8.81. The minimum Gasteiger partial charge on any atom is -0.465 e. The van der Waals surface area contributed by atoms with Crippen molar-refractivity contribution in [1.29, 1.82) is 0 Å². The van der Waals surface area contributed by atoms with E-state index in [2.05, 4.69) is 36.1 Å². The molecule has 7 rings (SSSR count). The molecule has 0 N–H and O–H groups in total. The fourth-order valence-electron chi connectivity index (χ4n) is 6.96. The molecule has 0 aromatic heterocycles. The van der Waals surface area contributed by atoms with Gasteiger partial charge in [-0.2, -0.15) is 0 Å². The average molecular weight is 380 g/mol. The average Bonchev–Trinajstić information content (AvgIpc) is 3.63. The third-order valence-electron chi connectivity index (χ3n) is 8.81. The summed E-state index contributed by atoms with van der Waals surface area (Å²) < 4.78 is 5.82. The summed E-state index contributed by atoms with van der Waals surface area (Å²) in [5.74, 6) is 2.34. The van der Waals surface area contributed by atoms with Crippen LogP contribution in [0.4, 0.5) is 0 Å². The molecule has 2 saturated heterocycles. The number of ether oxygens (including phenoxy) is 1. The van der Waals surface area contributed by atoms with E-state index in [4.69, 9.17) is 4.74 Å². The van der Waals surface area contributed by atoms with E-state index in [9.17, 15) is 4.79 Å². The number of hydrogen-bond acceptors (Lipinski definition) is 3. The molecule has 6 aliphatic rings. The molecule has 0 radical (unpaired) electrons. The molecular weight excluding hydrogens is 346 g/mol. The predicted octanol–water partition coefficient (Wildman–Crippen LogP) is 4.33. The molecule has 150 valence electrons. The van der Waals surface area contributed by atoms with Crippen molar-refractivity contribution in [1.82, 2.24) is 4.90 Å². The van der Waals surface area contributed by atoms with Crippen LogP contribution in [0.25, 0.3) is 0 Å². The van der Waals surface area contributed by atoms with E-state index in [-0.39, 0.29) is 17.3 Å². The van der Waals surface area contributed by atoms with Crippen LogP contribution in [0.1, 0.15) is 63.0 Å². The molecule has 28 heavy (non-hydrogen) atoms. The van der Waals surface area contributed by atoms with Crippen LogP contribution in [-0.2, 0) is 21.4 Å². The Morgan fingerprint density at radius 3 is 2.68 bits per heavy atom. The van der Waals surface area contributed by atoms with Crippen LogP contribution >= 0.6 is 0 Å². The zero-order valence-corrected chi connectivity index (χ0v) is 17.1. The number of nitrogens with zero attached hydrogens (tertiary/aromatic N) is 1. The van der Waals surface area contributed by atoms with Crippen LogP contribution in [0.5, 0.6) is 0 Å². The number of fused-ring (bicyclic) bond motifs is 2. The molecule has 2 heterocycles. The van der Waals surface area contributed by atoms with E-state index in [0.717, 1.165) is 18.8 Å². The SMILES string of the molecule is CC[C@]12CC3C(C(=O)OCC4CC4)CC1C(Cc1ccccc12)N3CC1CC1. The first-order valence-corrected chi connectivity index (χ1v) is 11.7. The second kappa shape index (κ2) is 6.32. The van der Waals surface area contributed by atoms with Crippen molar-refractivity contribution in [2.75, 3.05) is 13.2 Å². The summed E-state index contributed by atoms with van der Waals surface area (Å²) in [6.07, 6.45) is 9.82. The highest BCUT2D eigenvalue weighted by molar-refractivity contribution is 5.74. The van der Waals surface area contributed by atoms with Gasteiger partial charge in [0.2, 0.25) is 0 Å². The topological polar surface area (TPSA) is 29.5 Å². The van der Waals surface area contributed by atoms with Crippen LogP contribution in [0.2, 0.25) is 0 Å². The molecule has 3 nitrogen and oxygen atoms in total. The molecule has 5 atom stereocenters. The van der Waals surface area contributed by atoms with Crippen LogP contribution < -0.4 is 0 Å². The molecule has 1 aromatic rings. The Kier molecular flexibility index (Phi) is 3.95. The van der Waals surface area contributed by atoms with Crippen molar-refractivity contribution in [3.05, 3.63) is 35.4 Å². The van der Waals surface area contributed by atoms with Crippen LogP contribution in [0, 0.1) is 23.7 Å². The normalized spacial score (nSPS) is 38.9. The number of benzene rings is 1. The minimum absolute atomic E-state index is 0.101. The molecule has 0 amide bonds. The summed E-state index contributed by atoms with van der Waals surface area (Å²) in [7, 11) is 0. The molecular formula is C25H33NO2. The molecule has 3 heteroatoms. The molecule has 2 aliphatic heterocycles. The Labute approximate surface area is 168 Å². The summed E-state index contributed by atoms with van der Waals surface area (Å²) in [5, 5.41) is 0. The lowest BCUT2D eigenvalue weighted by Crippen LogP contribution is -2.70. The third kappa shape index (κ3) is 2.61. The lowest BCUT2D eigenvalue weighted by molar-refractivity contribution is -0.168. The van der Waals surface area contributed by atoms with Gasteiger partial charge in [-0.3, -0.25) is 9.69 Å². The Morgan fingerprint density at radius 1 is 1.14 bits per heavy atom. The second-order valence-corrected chi connectivity index (χ2v) is 10.4. The van der Waals surface area contributed by atoms with Crippen molar-refractivity contribution >= 4 is 5.97 Å². The number of carbonyl (C=O) groups excluding carboxylic acids is 1. The van der Waals surface area contributed by atoms with Crippen LogP contribution in [-0.4, -0.2) is 36.1 Å². The van der Waals surface area contributed by atoms with Gasteiger partial charge in [0.1, 0.15) is 0 Å². The second-order valence-electron chi connectivity index (χ2n) is 10.4. The van der Waals surface area contributed by atoms with Gasteiger partial charge < -0.3 is 4.74 Å². The van der Waals surface area contributed by atoms with Crippen molar-refractivity contribution in [3.63, 3.8) is 0 Å². The monoisotopic (exact) mass is 379 g/mol. The van der Waals surface area contributed by atoms with E-state index >= 15 is 0 Å². The van der Waals surface area contributed by atoms with Crippen molar-refractivity contribution in [2.45, 2.75) is 75.8 Å². The maximum atomic E-state index is 13.1. The lowest BCUT2D eigenvalue weighted by atomic mass is 9.48. The van der Waals surface area contributed by atoms with Crippen molar-refractivity contribution < 1.29 is 9.53 Å². The van der Waals surface area contributed by atoms with Gasteiger partial charge in [-0.15, -0.1) is 0 Å². The molecule has 1 aromatic carbocycles. The van der Waals surface area contributed by atoms with Gasteiger partial charge in [-0.05, 0) is 80.2 Å². The Morgan fingerprint density at radius 2 is 1.93 bits per heavy atom. The van der Waals surface area contributed by atoms with Crippen LogP contribution in [0.3, 0.4) is 0 Å². The molecule has 0 spiro atoms. The van der Waals surface area contributed by atoms with Gasteiger partial charge in [0.05, 0.1) is 12.5 Å². The molecule has 4 aliphatic carbocycles. The van der Waals surface area contributed by atoms with Gasteiger partial charge >= 0.3 is 5.97 Å². The van der Waals surface area contributed by atoms with E-state index < -0.39 is 0 Å². The fraction of sp³-hybridized carbons (Fsp3) is 0.720. The summed E-state index contributed by atoms with van der Waals surface area (Å²) in [6.45, 7) is 4.26. The molecule has 3 saturated carbocycles. The van der Waals surface area contributed by atoms with Gasteiger partial charge in [-0.25, -0.2) is 0 Å². The first-order chi connectivity index (χ1) is 13.7. The van der Waals surface area contributed by atoms with Crippen LogP contribution in [0.15, 0.2) is 24.3 Å². The molecule has 4 unspecified atom stereocenters. The van der Waals surface area contributed by atoms with E-state index in [1.54, 1.807) is 11.1 Å². The highest BCUT2D eigenvalue weighted by atomic mass is 16.5. The Hall–Kier alpha value is -1.35. The fourth-order valence-corrected chi connectivity index (χ4v) is 6.96. The summed E-state index contributed by atoms with van der Waals surface area (Å²) in [6, 6.07) is 10.2. The van der Waals surface area contributed by atoms with E-state index in [0.29, 0.717) is 30.5 Å². The van der Waals surface area contributed by atoms with Gasteiger partial charge in [0.15, 0.2) is 0 Å². The number of rotatable bonds is 6. The molecule has 4 bridgehead atoms. The standard InChI is InChI=1S/C25H33NO2/c1-2-25-13-23-19(24(27)28-15-17-9-10-17)12-21(25)22(26(23)14-16-7-8-16)11-18-5-3-4-6-20(18)25/h3-6,16-17,19,21-23H,2,7-15H2,1H3/t19?,21?,22?,23?,25-/m1/s1. The largest absolute Gasteiger partial charge is 0.465 e. The van der Waals surface area contributed by atoms with Crippen molar-refractivity contribution in [3.8, 4) is 0 Å². The highest BCUT2D eigenvalue weighted by Crippen LogP contribution is 2.60.